The number of rotatable bonds is 8. The second kappa shape index (κ2) is 11.1. The van der Waals surface area contributed by atoms with Crippen LogP contribution in [-0.4, -0.2) is 69.4 Å². The van der Waals surface area contributed by atoms with Gasteiger partial charge in [-0.3, -0.25) is 4.57 Å². The van der Waals surface area contributed by atoms with E-state index < -0.39 is 17.8 Å². The summed E-state index contributed by atoms with van der Waals surface area (Å²) in [4.78, 5) is 20.3. The third-order valence-corrected chi connectivity index (χ3v) is 7.53. The molecule has 2 fully saturated rings. The number of nitrogens with one attached hydrogen (secondary N) is 2. The summed E-state index contributed by atoms with van der Waals surface area (Å²) in [5, 5.41) is 6.97. The van der Waals surface area contributed by atoms with E-state index in [1.54, 1.807) is 24.3 Å². The lowest BCUT2D eigenvalue weighted by atomic mass is 9.86. The van der Waals surface area contributed by atoms with Crippen molar-refractivity contribution < 1.29 is 13.5 Å². The fourth-order valence-electron chi connectivity index (χ4n) is 5.65. The Morgan fingerprint density at radius 3 is 2.52 bits per heavy atom. The lowest BCUT2D eigenvalue weighted by molar-refractivity contribution is 0.122. The van der Waals surface area contributed by atoms with E-state index in [2.05, 4.69) is 63.7 Å². The molecule has 6 rings (SSSR count). The summed E-state index contributed by atoms with van der Waals surface area (Å²) in [5.74, 6) is 0.948. The number of ether oxygens (including phenoxy) is 1. The van der Waals surface area contributed by atoms with Gasteiger partial charge in [-0.1, -0.05) is 36.4 Å². The van der Waals surface area contributed by atoms with E-state index in [1.165, 1.54) is 15.7 Å². The van der Waals surface area contributed by atoms with Crippen molar-refractivity contribution in [3.63, 3.8) is 0 Å². The molecule has 2 saturated heterocycles. The van der Waals surface area contributed by atoms with E-state index >= 15 is 0 Å². The van der Waals surface area contributed by atoms with Crippen LogP contribution in [0.25, 0.3) is 17.0 Å². The highest BCUT2D eigenvalue weighted by Crippen LogP contribution is 2.31. The molecule has 2 aliphatic heterocycles. The Balaban J connectivity index is 1.38. The summed E-state index contributed by atoms with van der Waals surface area (Å²) >= 11 is 0. The van der Waals surface area contributed by atoms with Crippen LogP contribution >= 0.6 is 0 Å². The first kappa shape index (κ1) is 26.5. The van der Waals surface area contributed by atoms with Crippen LogP contribution in [0.5, 0.6) is 0 Å². The summed E-state index contributed by atoms with van der Waals surface area (Å²) in [6.45, 7) is 8.50. The molecule has 2 aromatic carbocycles. The minimum absolute atomic E-state index is 0.108. The number of hydrogen-bond donors (Lipinski definition) is 2. The van der Waals surface area contributed by atoms with Crippen LogP contribution in [0.15, 0.2) is 48.5 Å². The van der Waals surface area contributed by atoms with Crippen LogP contribution in [0.2, 0.25) is 0 Å². The van der Waals surface area contributed by atoms with Crippen LogP contribution in [-0.2, 0) is 11.2 Å². The Hall–Kier alpha value is -3.70. The zero-order valence-electron chi connectivity index (χ0n) is 22.8. The lowest BCUT2D eigenvalue weighted by Crippen LogP contribution is -2.39. The third kappa shape index (κ3) is 5.48. The van der Waals surface area contributed by atoms with Crippen molar-refractivity contribution in [1.82, 2.24) is 29.8 Å². The predicted molar refractivity (Wildman–Crippen MR) is 151 cm³/mol. The van der Waals surface area contributed by atoms with Crippen LogP contribution in [0.1, 0.15) is 49.6 Å². The number of fused-ring (bicyclic) bond motifs is 1. The second-order valence-corrected chi connectivity index (χ2v) is 11.0. The molecule has 0 saturated carbocycles. The van der Waals surface area contributed by atoms with Gasteiger partial charge in [0.2, 0.25) is 17.8 Å². The van der Waals surface area contributed by atoms with Gasteiger partial charge in [-0.2, -0.15) is 15.0 Å². The Morgan fingerprint density at radius 2 is 1.75 bits per heavy atom. The van der Waals surface area contributed by atoms with Gasteiger partial charge in [0.1, 0.15) is 0 Å². The fraction of sp³-hybridized carbons (Fsp3) is 0.448. The van der Waals surface area contributed by atoms with Crippen LogP contribution < -0.4 is 15.5 Å². The minimum Gasteiger partial charge on any atom is -0.378 e. The molecule has 4 aromatic rings. The number of alkyl halides is 2. The number of halogens is 2. The van der Waals surface area contributed by atoms with Crippen molar-refractivity contribution in [3.8, 4) is 5.95 Å². The maximum Gasteiger partial charge on any atom is 0.296 e. The highest BCUT2D eigenvalue weighted by molar-refractivity contribution is 5.77. The van der Waals surface area contributed by atoms with Gasteiger partial charge in [-0.15, -0.1) is 0 Å². The van der Waals surface area contributed by atoms with Gasteiger partial charge in [0, 0.05) is 25.2 Å². The van der Waals surface area contributed by atoms with Gasteiger partial charge >= 0.3 is 0 Å². The Bertz CT molecular complexity index is 1480. The maximum atomic E-state index is 14.2. The number of benzene rings is 2. The molecular formula is C29H34F2N8O. The fourth-order valence-corrected chi connectivity index (χ4v) is 5.65. The summed E-state index contributed by atoms with van der Waals surface area (Å²) < 4.78 is 35.2. The van der Waals surface area contributed by atoms with Gasteiger partial charge in [0.25, 0.3) is 6.43 Å². The Morgan fingerprint density at radius 1 is 1.00 bits per heavy atom. The molecule has 2 N–H and O–H groups in total. The summed E-state index contributed by atoms with van der Waals surface area (Å²) in [6, 6.07) is 15.6. The van der Waals surface area contributed by atoms with Gasteiger partial charge < -0.3 is 20.3 Å². The predicted octanol–water partition coefficient (Wildman–Crippen LogP) is 4.49. The molecule has 0 amide bonds. The van der Waals surface area contributed by atoms with E-state index in [9.17, 15) is 8.78 Å². The molecular weight excluding hydrogens is 514 g/mol. The van der Waals surface area contributed by atoms with E-state index in [1.807, 2.05) is 4.90 Å². The first-order valence-electron chi connectivity index (χ1n) is 13.8. The SMILES string of the molecule is CC(C)(Cc1ccccc1C1CCNC1)Nc1nc(N2CCOCC2)nc(-n2c(C(F)F)nc3ccccc32)n1. The van der Waals surface area contributed by atoms with Crippen LogP contribution in [0, 0.1) is 0 Å². The number of anilines is 2. The molecule has 210 valence electrons. The van der Waals surface area contributed by atoms with Crippen molar-refractivity contribution in [3.05, 3.63) is 65.5 Å². The zero-order chi connectivity index (χ0) is 27.7. The summed E-state index contributed by atoms with van der Waals surface area (Å²) in [6.07, 6.45) is -0.940. The van der Waals surface area contributed by atoms with E-state index in [0.717, 1.165) is 25.9 Å². The number of hydrogen-bond acceptors (Lipinski definition) is 8. The average molecular weight is 549 g/mol. The largest absolute Gasteiger partial charge is 0.378 e. The van der Waals surface area contributed by atoms with Crippen molar-refractivity contribution in [2.24, 2.45) is 0 Å². The standard InChI is InChI=1S/C29H34F2N8O/c1-29(2,17-19-7-3-4-8-21(19)20-11-12-32-18-20)37-26-34-27(38-13-15-40-16-14-38)36-28(35-26)39-23-10-6-5-9-22(23)33-25(39)24(30)31/h3-10,20,24,32H,11-18H2,1-2H3,(H,34,35,36,37). The molecule has 40 heavy (non-hydrogen) atoms. The average Bonchev–Trinajstić information content (AvgIpc) is 3.62. The Kier molecular flexibility index (Phi) is 7.33. The number of nitrogens with zero attached hydrogens (tertiary/aromatic N) is 6. The third-order valence-electron chi connectivity index (χ3n) is 7.53. The van der Waals surface area contributed by atoms with Crippen LogP contribution in [0.4, 0.5) is 20.7 Å². The zero-order valence-corrected chi connectivity index (χ0v) is 22.8. The topological polar surface area (TPSA) is 93.0 Å². The molecule has 0 spiro atoms. The molecule has 0 radical (unpaired) electrons. The highest BCUT2D eigenvalue weighted by atomic mass is 19.3. The molecule has 0 bridgehead atoms. The second-order valence-electron chi connectivity index (χ2n) is 11.0. The molecule has 2 aromatic heterocycles. The van der Waals surface area contributed by atoms with E-state index in [-0.39, 0.29) is 5.95 Å². The monoisotopic (exact) mass is 548 g/mol. The molecule has 1 unspecified atom stereocenters. The number of imidazole rings is 1. The van der Waals surface area contributed by atoms with Crippen LogP contribution in [0.3, 0.4) is 0 Å². The molecule has 2 aliphatic rings. The van der Waals surface area contributed by atoms with E-state index in [0.29, 0.717) is 55.2 Å². The van der Waals surface area contributed by atoms with Gasteiger partial charge in [0.05, 0.1) is 24.2 Å². The van der Waals surface area contributed by atoms with Gasteiger partial charge in [0.15, 0.2) is 5.82 Å². The number of para-hydroxylation sites is 2. The molecule has 4 heterocycles. The highest BCUT2D eigenvalue weighted by Gasteiger charge is 2.28. The Labute approximate surface area is 232 Å². The van der Waals surface area contributed by atoms with Gasteiger partial charge in [-0.05, 0) is 62.4 Å². The molecule has 9 nitrogen and oxygen atoms in total. The van der Waals surface area contributed by atoms with E-state index in [4.69, 9.17) is 9.72 Å². The summed E-state index contributed by atoms with van der Waals surface area (Å²) in [5.41, 5.74) is 3.17. The normalized spacial score (nSPS) is 18.1. The van der Waals surface area contributed by atoms with Crippen molar-refractivity contribution >= 4 is 22.9 Å². The summed E-state index contributed by atoms with van der Waals surface area (Å²) in [7, 11) is 0. The quantitative estimate of drug-likeness (QED) is 0.333. The molecule has 1 atom stereocenters. The van der Waals surface area contributed by atoms with Crippen molar-refractivity contribution in [2.75, 3.05) is 49.6 Å². The lowest BCUT2D eigenvalue weighted by Gasteiger charge is -2.30. The first-order valence-corrected chi connectivity index (χ1v) is 13.8. The van der Waals surface area contributed by atoms with Gasteiger partial charge in [-0.25, -0.2) is 13.8 Å². The molecule has 0 aliphatic carbocycles. The smallest absolute Gasteiger partial charge is 0.296 e. The number of aromatic nitrogens is 5. The maximum absolute atomic E-state index is 14.2. The molecule has 11 heteroatoms. The van der Waals surface area contributed by atoms with Crippen molar-refractivity contribution in [2.45, 2.75) is 44.6 Å². The first-order chi connectivity index (χ1) is 19.4. The van der Waals surface area contributed by atoms with Crippen molar-refractivity contribution in [1.29, 1.82) is 0 Å². The number of morpholine rings is 1. The minimum atomic E-state index is -2.80.